The number of halogens is 1. The molecular formula is C17H12ClN5OS. The normalized spacial score (nSPS) is 16.8. The van der Waals surface area contributed by atoms with Gasteiger partial charge in [0.1, 0.15) is 5.82 Å². The molecule has 1 amide bonds. The molecule has 1 atom stereocenters. The molecule has 0 spiro atoms. The fourth-order valence-electron chi connectivity index (χ4n) is 3.32. The number of fused-ring (bicyclic) bond motifs is 2. The first-order valence-electron chi connectivity index (χ1n) is 7.76. The fraction of sp³-hybridized carbons (Fsp3) is 0.118. The van der Waals surface area contributed by atoms with Crippen LogP contribution in [0, 0.1) is 0 Å². The Labute approximate surface area is 151 Å². The minimum absolute atomic E-state index is 0.0589. The lowest BCUT2D eigenvalue weighted by atomic mass is 9.91. The van der Waals surface area contributed by atoms with Crippen LogP contribution in [0.1, 0.15) is 23.6 Å². The van der Waals surface area contributed by atoms with Gasteiger partial charge in [0, 0.05) is 29.5 Å². The van der Waals surface area contributed by atoms with E-state index in [1.165, 1.54) is 11.3 Å². The first-order chi connectivity index (χ1) is 12.2. The van der Waals surface area contributed by atoms with Crippen molar-refractivity contribution in [2.75, 3.05) is 5.32 Å². The highest BCUT2D eigenvalue weighted by Crippen LogP contribution is 2.41. The van der Waals surface area contributed by atoms with Gasteiger partial charge in [-0.15, -0.1) is 11.3 Å². The molecule has 5 rings (SSSR count). The van der Waals surface area contributed by atoms with Gasteiger partial charge in [0.05, 0.1) is 17.6 Å². The second kappa shape index (κ2) is 5.44. The highest BCUT2D eigenvalue weighted by atomic mass is 35.5. The SMILES string of the molecule is O=C1C[C@@H](c2c(Cl)nc3sccn23)c2cnn(-c3ccccc3)c2N1. The van der Waals surface area contributed by atoms with Gasteiger partial charge in [-0.3, -0.25) is 9.20 Å². The molecule has 0 saturated carbocycles. The Hall–Kier alpha value is -2.64. The zero-order valence-corrected chi connectivity index (χ0v) is 14.5. The maximum atomic E-state index is 12.4. The average Bonchev–Trinajstić information content (AvgIpc) is 3.29. The quantitative estimate of drug-likeness (QED) is 0.585. The monoisotopic (exact) mass is 369 g/mol. The van der Waals surface area contributed by atoms with Gasteiger partial charge in [-0.25, -0.2) is 9.67 Å². The van der Waals surface area contributed by atoms with Gasteiger partial charge in [0.15, 0.2) is 10.1 Å². The van der Waals surface area contributed by atoms with Crippen molar-refractivity contribution in [1.82, 2.24) is 19.2 Å². The van der Waals surface area contributed by atoms with Gasteiger partial charge >= 0.3 is 0 Å². The molecule has 0 bridgehead atoms. The lowest BCUT2D eigenvalue weighted by molar-refractivity contribution is -0.116. The molecule has 4 heterocycles. The van der Waals surface area contributed by atoms with Crippen LogP contribution in [0.2, 0.25) is 5.15 Å². The van der Waals surface area contributed by atoms with Gasteiger partial charge < -0.3 is 5.32 Å². The third-order valence-corrected chi connectivity index (χ3v) is 5.44. The molecule has 0 fully saturated rings. The highest BCUT2D eigenvalue weighted by molar-refractivity contribution is 7.15. The number of benzene rings is 1. The van der Waals surface area contributed by atoms with Crippen LogP contribution in [0.15, 0.2) is 48.1 Å². The second-order valence-corrected chi connectivity index (χ2v) is 7.08. The number of imidazole rings is 1. The largest absolute Gasteiger partial charge is 0.310 e. The summed E-state index contributed by atoms with van der Waals surface area (Å²) < 4.78 is 3.71. The third kappa shape index (κ3) is 2.20. The minimum atomic E-state index is -0.182. The van der Waals surface area contributed by atoms with E-state index in [0.717, 1.165) is 21.9 Å². The van der Waals surface area contributed by atoms with E-state index in [9.17, 15) is 4.79 Å². The summed E-state index contributed by atoms with van der Waals surface area (Å²) in [5.41, 5.74) is 2.67. The van der Waals surface area contributed by atoms with E-state index in [2.05, 4.69) is 15.4 Å². The number of anilines is 1. The molecule has 1 aliphatic rings. The molecule has 8 heteroatoms. The van der Waals surface area contributed by atoms with Crippen molar-refractivity contribution in [2.45, 2.75) is 12.3 Å². The number of carbonyl (C=O) groups is 1. The molecule has 0 radical (unpaired) electrons. The number of nitrogens with zero attached hydrogens (tertiary/aromatic N) is 4. The maximum absolute atomic E-state index is 12.4. The molecule has 3 aromatic heterocycles. The van der Waals surface area contributed by atoms with Crippen LogP contribution < -0.4 is 5.32 Å². The number of thiazole rings is 1. The lowest BCUT2D eigenvalue weighted by Crippen LogP contribution is -2.25. The van der Waals surface area contributed by atoms with E-state index in [1.807, 2.05) is 46.3 Å². The number of para-hydroxylation sites is 1. The van der Waals surface area contributed by atoms with Crippen LogP contribution in [0.4, 0.5) is 5.82 Å². The highest BCUT2D eigenvalue weighted by Gasteiger charge is 2.34. The summed E-state index contributed by atoms with van der Waals surface area (Å²) in [5.74, 6) is 0.448. The summed E-state index contributed by atoms with van der Waals surface area (Å²) in [6.45, 7) is 0. The van der Waals surface area contributed by atoms with E-state index in [4.69, 9.17) is 11.6 Å². The van der Waals surface area contributed by atoms with E-state index < -0.39 is 0 Å². The van der Waals surface area contributed by atoms with Gasteiger partial charge in [-0.05, 0) is 12.1 Å². The molecule has 1 N–H and O–H groups in total. The molecule has 0 aliphatic carbocycles. The predicted molar refractivity (Wildman–Crippen MR) is 96.7 cm³/mol. The van der Waals surface area contributed by atoms with Crippen molar-refractivity contribution in [3.8, 4) is 5.69 Å². The Balaban J connectivity index is 1.70. The molecule has 25 heavy (non-hydrogen) atoms. The van der Waals surface area contributed by atoms with Gasteiger partial charge in [0.2, 0.25) is 5.91 Å². The molecule has 4 aromatic rings. The Bertz CT molecular complexity index is 1100. The van der Waals surface area contributed by atoms with Crippen molar-refractivity contribution in [1.29, 1.82) is 0 Å². The van der Waals surface area contributed by atoms with E-state index >= 15 is 0 Å². The topological polar surface area (TPSA) is 64.2 Å². The van der Waals surface area contributed by atoms with Crippen LogP contribution >= 0.6 is 22.9 Å². The standard InChI is InChI=1S/C17H12ClN5OS/c18-15-14(22-6-7-25-17(22)21-15)11-8-13(24)20-16-12(11)9-19-23(16)10-4-2-1-3-5-10/h1-7,9,11H,8H2,(H,20,24)/t11-/m1/s1. The Kier molecular flexibility index (Phi) is 3.19. The average molecular weight is 370 g/mol. The first kappa shape index (κ1) is 14.7. The zero-order chi connectivity index (χ0) is 17.0. The summed E-state index contributed by atoms with van der Waals surface area (Å²) in [6.07, 6.45) is 4.05. The van der Waals surface area contributed by atoms with E-state index in [1.54, 1.807) is 10.9 Å². The molecule has 1 aromatic carbocycles. The molecule has 0 unspecified atom stereocenters. The number of aromatic nitrogens is 4. The van der Waals surface area contributed by atoms with Crippen LogP contribution in [0.25, 0.3) is 10.6 Å². The van der Waals surface area contributed by atoms with Crippen LogP contribution in [-0.2, 0) is 4.79 Å². The number of carbonyl (C=O) groups excluding carboxylic acids is 1. The van der Waals surface area contributed by atoms with Crippen molar-refractivity contribution >= 4 is 39.6 Å². The van der Waals surface area contributed by atoms with Crippen molar-refractivity contribution < 1.29 is 4.79 Å². The van der Waals surface area contributed by atoms with Crippen LogP contribution in [-0.4, -0.2) is 25.1 Å². The number of rotatable bonds is 2. The number of hydrogen-bond acceptors (Lipinski definition) is 4. The van der Waals surface area contributed by atoms with E-state index in [0.29, 0.717) is 17.4 Å². The third-order valence-electron chi connectivity index (χ3n) is 4.41. The van der Waals surface area contributed by atoms with Gasteiger partial charge in [-0.2, -0.15) is 5.10 Å². The molecule has 1 aliphatic heterocycles. The molecule has 124 valence electrons. The number of amides is 1. The van der Waals surface area contributed by atoms with Crippen LogP contribution in [0.5, 0.6) is 0 Å². The van der Waals surface area contributed by atoms with Crippen molar-refractivity contribution in [3.63, 3.8) is 0 Å². The minimum Gasteiger partial charge on any atom is -0.310 e. The Morgan fingerprint density at radius 2 is 2.12 bits per heavy atom. The van der Waals surface area contributed by atoms with E-state index in [-0.39, 0.29) is 11.8 Å². The van der Waals surface area contributed by atoms with Crippen LogP contribution in [0.3, 0.4) is 0 Å². The Morgan fingerprint density at radius 1 is 1.28 bits per heavy atom. The smallest absolute Gasteiger partial charge is 0.226 e. The summed E-state index contributed by atoms with van der Waals surface area (Å²) in [7, 11) is 0. The summed E-state index contributed by atoms with van der Waals surface area (Å²) >= 11 is 7.91. The summed E-state index contributed by atoms with van der Waals surface area (Å²) in [6, 6.07) is 9.72. The van der Waals surface area contributed by atoms with Crippen molar-refractivity contribution in [2.24, 2.45) is 0 Å². The maximum Gasteiger partial charge on any atom is 0.226 e. The zero-order valence-electron chi connectivity index (χ0n) is 12.9. The number of hydrogen-bond donors (Lipinski definition) is 1. The second-order valence-electron chi connectivity index (χ2n) is 5.84. The molecule has 6 nitrogen and oxygen atoms in total. The fourth-order valence-corrected chi connectivity index (χ4v) is 4.39. The lowest BCUT2D eigenvalue weighted by Gasteiger charge is -2.23. The summed E-state index contributed by atoms with van der Waals surface area (Å²) in [4.78, 5) is 17.6. The number of nitrogens with one attached hydrogen (secondary N) is 1. The van der Waals surface area contributed by atoms with Gasteiger partial charge in [-0.1, -0.05) is 29.8 Å². The Morgan fingerprint density at radius 3 is 2.96 bits per heavy atom. The molecule has 0 saturated heterocycles. The summed E-state index contributed by atoms with van der Waals surface area (Å²) in [5, 5.41) is 9.84. The first-order valence-corrected chi connectivity index (χ1v) is 9.02. The molecular weight excluding hydrogens is 358 g/mol. The van der Waals surface area contributed by atoms with Crippen molar-refractivity contribution in [3.05, 3.63) is 64.5 Å². The van der Waals surface area contributed by atoms with Gasteiger partial charge in [0.25, 0.3) is 0 Å². The predicted octanol–water partition coefficient (Wildman–Crippen LogP) is 3.71.